The summed E-state index contributed by atoms with van der Waals surface area (Å²) in [4.78, 5) is 23.2. The van der Waals surface area contributed by atoms with Gasteiger partial charge in [0.05, 0.1) is 16.2 Å². The molecule has 96 valence electrons. The van der Waals surface area contributed by atoms with E-state index in [4.69, 9.17) is 5.11 Å². The summed E-state index contributed by atoms with van der Waals surface area (Å²) in [7, 11) is 1.79. The summed E-state index contributed by atoms with van der Waals surface area (Å²) < 4.78 is 0. The quantitative estimate of drug-likeness (QED) is 0.654. The number of nitrogens with zero attached hydrogens (tertiary/aromatic N) is 2. The molecule has 18 heavy (non-hydrogen) atoms. The molecule has 0 spiro atoms. The molecule has 1 fully saturated rings. The van der Waals surface area contributed by atoms with Crippen molar-refractivity contribution in [1.29, 1.82) is 0 Å². The minimum Gasteiger partial charge on any atom is -0.478 e. The molecule has 0 heterocycles. The Morgan fingerprint density at radius 1 is 1.50 bits per heavy atom. The Kier molecular flexibility index (Phi) is 3.18. The predicted molar refractivity (Wildman–Crippen MR) is 66.1 cm³/mol. The lowest BCUT2D eigenvalue weighted by atomic mass is 9.91. The molecule has 6 nitrogen and oxygen atoms in total. The zero-order chi connectivity index (χ0) is 13.3. The van der Waals surface area contributed by atoms with E-state index in [1.165, 1.54) is 18.2 Å². The number of aromatic carboxylic acids is 1. The number of non-ortho nitro benzene ring substituents is 1. The lowest BCUT2D eigenvalue weighted by molar-refractivity contribution is -0.384. The Morgan fingerprint density at radius 2 is 2.17 bits per heavy atom. The fraction of sp³-hybridized carbons (Fsp3) is 0.417. The number of carbonyl (C=O) groups is 1. The van der Waals surface area contributed by atoms with Crippen molar-refractivity contribution in [2.24, 2.45) is 0 Å². The second-order valence-electron chi connectivity index (χ2n) is 4.46. The van der Waals surface area contributed by atoms with Crippen molar-refractivity contribution in [3.63, 3.8) is 0 Å². The van der Waals surface area contributed by atoms with Crippen LogP contribution in [-0.2, 0) is 0 Å². The van der Waals surface area contributed by atoms with Crippen molar-refractivity contribution in [2.75, 3.05) is 11.9 Å². The van der Waals surface area contributed by atoms with Crippen molar-refractivity contribution in [1.82, 2.24) is 0 Å². The van der Waals surface area contributed by atoms with Gasteiger partial charge in [-0.05, 0) is 25.3 Å². The number of benzene rings is 1. The largest absolute Gasteiger partial charge is 0.478 e. The highest BCUT2D eigenvalue weighted by Gasteiger charge is 2.26. The molecule has 1 aromatic rings. The van der Waals surface area contributed by atoms with E-state index >= 15 is 0 Å². The van der Waals surface area contributed by atoms with Gasteiger partial charge in [0.2, 0.25) is 0 Å². The van der Waals surface area contributed by atoms with E-state index in [-0.39, 0.29) is 17.3 Å². The Labute approximate surface area is 104 Å². The molecule has 0 amide bonds. The summed E-state index contributed by atoms with van der Waals surface area (Å²) in [5, 5.41) is 19.9. The summed E-state index contributed by atoms with van der Waals surface area (Å²) in [6, 6.07) is 4.14. The first-order chi connectivity index (χ1) is 8.50. The molecule has 0 aromatic heterocycles. The molecule has 0 bridgehead atoms. The summed E-state index contributed by atoms with van der Waals surface area (Å²) in [6.07, 6.45) is 3.11. The van der Waals surface area contributed by atoms with Gasteiger partial charge >= 0.3 is 5.97 Å². The standard InChI is InChI=1S/C12H14N2O4/c1-13(8-3-2-4-8)11-7-9(14(17)18)5-6-10(11)12(15)16/h5-8H,2-4H2,1H3,(H,15,16). The van der Waals surface area contributed by atoms with E-state index < -0.39 is 10.9 Å². The fourth-order valence-electron chi connectivity index (χ4n) is 2.08. The number of anilines is 1. The summed E-state index contributed by atoms with van der Waals surface area (Å²) >= 11 is 0. The van der Waals surface area contributed by atoms with E-state index in [0.29, 0.717) is 5.69 Å². The minimum absolute atomic E-state index is 0.0822. The van der Waals surface area contributed by atoms with Gasteiger partial charge in [-0.1, -0.05) is 0 Å². The smallest absolute Gasteiger partial charge is 0.337 e. The van der Waals surface area contributed by atoms with Gasteiger partial charge in [-0.15, -0.1) is 0 Å². The molecule has 1 aliphatic carbocycles. The molecule has 6 heteroatoms. The van der Waals surface area contributed by atoms with Crippen molar-refractivity contribution >= 4 is 17.3 Å². The van der Waals surface area contributed by atoms with Crippen molar-refractivity contribution < 1.29 is 14.8 Å². The molecule has 1 aliphatic rings. The first-order valence-electron chi connectivity index (χ1n) is 5.75. The van der Waals surface area contributed by atoms with Gasteiger partial charge in [0, 0.05) is 25.2 Å². The summed E-state index contributed by atoms with van der Waals surface area (Å²) in [5.41, 5.74) is 0.442. The van der Waals surface area contributed by atoms with E-state index in [0.717, 1.165) is 19.3 Å². The van der Waals surface area contributed by atoms with Crippen LogP contribution in [0, 0.1) is 10.1 Å². The van der Waals surface area contributed by atoms with Crippen molar-refractivity contribution in [3.8, 4) is 0 Å². The molecular weight excluding hydrogens is 236 g/mol. The van der Waals surface area contributed by atoms with Crippen LogP contribution in [0.5, 0.6) is 0 Å². The third-order valence-corrected chi connectivity index (χ3v) is 3.42. The second-order valence-corrected chi connectivity index (χ2v) is 4.46. The number of rotatable bonds is 4. The predicted octanol–water partition coefficient (Wildman–Crippen LogP) is 2.28. The maximum absolute atomic E-state index is 11.1. The van der Waals surface area contributed by atoms with Gasteiger partial charge in [-0.3, -0.25) is 10.1 Å². The number of hydrogen-bond acceptors (Lipinski definition) is 4. The molecule has 0 atom stereocenters. The third kappa shape index (κ3) is 2.13. The Hall–Kier alpha value is -2.11. The van der Waals surface area contributed by atoms with Crippen LogP contribution in [0.2, 0.25) is 0 Å². The molecule has 1 saturated carbocycles. The van der Waals surface area contributed by atoms with Gasteiger partial charge in [0.1, 0.15) is 0 Å². The van der Waals surface area contributed by atoms with Crippen LogP contribution in [0.25, 0.3) is 0 Å². The fourth-order valence-corrected chi connectivity index (χ4v) is 2.08. The van der Waals surface area contributed by atoms with Gasteiger partial charge in [-0.2, -0.15) is 0 Å². The Balaban J connectivity index is 2.42. The maximum atomic E-state index is 11.1. The van der Waals surface area contributed by atoms with E-state index in [2.05, 4.69) is 0 Å². The van der Waals surface area contributed by atoms with Gasteiger partial charge in [0.15, 0.2) is 0 Å². The van der Waals surface area contributed by atoms with Crippen molar-refractivity contribution in [3.05, 3.63) is 33.9 Å². The first kappa shape index (κ1) is 12.3. The Morgan fingerprint density at radius 3 is 2.61 bits per heavy atom. The molecule has 1 aromatic carbocycles. The SMILES string of the molecule is CN(c1cc([N+](=O)[O-])ccc1C(=O)O)C1CCC1. The average Bonchev–Trinajstić information content (AvgIpc) is 2.25. The van der Waals surface area contributed by atoms with Crippen LogP contribution < -0.4 is 4.90 Å². The summed E-state index contributed by atoms with van der Waals surface area (Å²) in [6.45, 7) is 0. The highest BCUT2D eigenvalue weighted by molar-refractivity contribution is 5.95. The van der Waals surface area contributed by atoms with E-state index in [1.54, 1.807) is 7.05 Å². The van der Waals surface area contributed by atoms with Crippen LogP contribution >= 0.6 is 0 Å². The first-order valence-corrected chi connectivity index (χ1v) is 5.75. The van der Waals surface area contributed by atoms with E-state index in [1.807, 2.05) is 4.90 Å². The molecule has 0 unspecified atom stereocenters. The normalized spacial score (nSPS) is 14.9. The molecular formula is C12H14N2O4. The molecule has 0 aliphatic heterocycles. The number of hydrogen-bond donors (Lipinski definition) is 1. The van der Waals surface area contributed by atoms with Crippen LogP contribution in [-0.4, -0.2) is 29.1 Å². The van der Waals surface area contributed by atoms with Crippen molar-refractivity contribution in [2.45, 2.75) is 25.3 Å². The topological polar surface area (TPSA) is 83.7 Å². The molecule has 2 rings (SSSR count). The molecule has 1 N–H and O–H groups in total. The number of carboxylic acid groups (broad SMARTS) is 1. The number of nitro groups is 1. The van der Waals surface area contributed by atoms with Gasteiger partial charge < -0.3 is 10.0 Å². The zero-order valence-electron chi connectivity index (χ0n) is 10.00. The monoisotopic (exact) mass is 250 g/mol. The highest BCUT2D eigenvalue weighted by atomic mass is 16.6. The average molecular weight is 250 g/mol. The van der Waals surface area contributed by atoms with E-state index in [9.17, 15) is 14.9 Å². The number of carboxylic acids is 1. The lowest BCUT2D eigenvalue weighted by Crippen LogP contribution is -2.37. The molecule has 0 radical (unpaired) electrons. The number of nitro benzene ring substituents is 1. The lowest BCUT2D eigenvalue weighted by Gasteiger charge is -2.36. The van der Waals surface area contributed by atoms with Crippen LogP contribution in [0.15, 0.2) is 18.2 Å². The third-order valence-electron chi connectivity index (χ3n) is 3.42. The minimum atomic E-state index is -1.06. The van der Waals surface area contributed by atoms with Gasteiger partial charge in [-0.25, -0.2) is 4.79 Å². The van der Waals surface area contributed by atoms with Crippen LogP contribution in [0.1, 0.15) is 29.6 Å². The second kappa shape index (κ2) is 4.64. The van der Waals surface area contributed by atoms with Crippen LogP contribution in [0.3, 0.4) is 0 Å². The Bertz CT molecular complexity index is 497. The zero-order valence-corrected chi connectivity index (χ0v) is 10.00. The van der Waals surface area contributed by atoms with Gasteiger partial charge in [0.25, 0.3) is 5.69 Å². The summed E-state index contributed by atoms with van der Waals surface area (Å²) in [5.74, 6) is -1.06. The van der Waals surface area contributed by atoms with Crippen LogP contribution in [0.4, 0.5) is 11.4 Å². The maximum Gasteiger partial charge on any atom is 0.337 e. The molecule has 0 saturated heterocycles. The highest BCUT2D eigenvalue weighted by Crippen LogP contribution is 2.32.